The van der Waals surface area contributed by atoms with Crippen LogP contribution in [0, 0.1) is 23.7 Å². The van der Waals surface area contributed by atoms with Gasteiger partial charge in [-0.3, -0.25) is 9.59 Å². The minimum absolute atomic E-state index is 0.0919. The minimum Gasteiger partial charge on any atom is -0.493 e. The Kier molecular flexibility index (Phi) is 4.58. The predicted octanol–water partition coefficient (Wildman–Crippen LogP) is 1.95. The summed E-state index contributed by atoms with van der Waals surface area (Å²) in [5.41, 5.74) is 0.475. The van der Waals surface area contributed by atoms with Crippen LogP contribution in [0.2, 0.25) is 5.02 Å². The lowest BCUT2D eigenvalue weighted by atomic mass is 9.85. The number of hydrazone groups is 1. The number of carboxylic acids is 1. The SMILES string of the molecule is COc1cc(/C=N/N2C(=O)C3C4C=CC(C4)C3C2=O)cc(Cl)c1OCC(=O)O. The highest BCUT2D eigenvalue weighted by molar-refractivity contribution is 6.32. The molecule has 1 aromatic carbocycles. The topological polar surface area (TPSA) is 106 Å². The first kappa shape index (κ1) is 18.5. The minimum atomic E-state index is -1.15. The molecule has 4 rings (SSSR count). The molecule has 2 fully saturated rings. The highest BCUT2D eigenvalue weighted by Gasteiger charge is 2.59. The monoisotopic (exact) mass is 404 g/mol. The number of carbonyl (C=O) groups excluding carboxylic acids is 2. The van der Waals surface area contributed by atoms with Crippen LogP contribution in [-0.2, 0) is 14.4 Å². The maximum Gasteiger partial charge on any atom is 0.341 e. The molecule has 8 nitrogen and oxygen atoms in total. The van der Waals surface area contributed by atoms with Crippen LogP contribution in [0.5, 0.6) is 11.5 Å². The second-order valence-corrected chi connectivity index (χ2v) is 7.36. The number of nitrogens with zero attached hydrogens (tertiary/aromatic N) is 2. The molecular formula is C19H17ClN2O6. The Morgan fingerprint density at radius 2 is 1.93 bits per heavy atom. The van der Waals surface area contributed by atoms with E-state index in [0.717, 1.165) is 11.4 Å². The first-order valence-electron chi connectivity index (χ1n) is 8.73. The third kappa shape index (κ3) is 2.93. The molecule has 1 aromatic rings. The number of hydrogen-bond donors (Lipinski definition) is 1. The maximum atomic E-state index is 12.6. The molecule has 3 aliphatic rings. The lowest BCUT2D eigenvalue weighted by molar-refractivity contribution is -0.141. The standard InChI is InChI=1S/C19H17ClN2O6/c1-27-13-5-9(4-12(20)17(13)28-8-14(23)24)7-21-22-18(25)15-10-2-3-11(6-10)16(15)19(22)26/h2-5,7,10-11,15-16H,6,8H2,1H3,(H,23,24)/b21-7+. The van der Waals surface area contributed by atoms with Crippen LogP contribution < -0.4 is 9.47 Å². The number of methoxy groups -OCH3 is 1. The molecule has 1 aliphatic heterocycles. The van der Waals surface area contributed by atoms with E-state index in [2.05, 4.69) is 5.10 Å². The van der Waals surface area contributed by atoms with Gasteiger partial charge in [0.1, 0.15) is 0 Å². The number of hydrogen-bond acceptors (Lipinski definition) is 6. The lowest BCUT2D eigenvalue weighted by Gasteiger charge is -2.13. The Hall–Kier alpha value is -2.87. The van der Waals surface area contributed by atoms with Crippen molar-refractivity contribution in [2.75, 3.05) is 13.7 Å². The van der Waals surface area contributed by atoms with Gasteiger partial charge < -0.3 is 14.6 Å². The maximum absolute atomic E-state index is 12.6. The van der Waals surface area contributed by atoms with Gasteiger partial charge in [-0.05, 0) is 36.0 Å². The number of fused-ring (bicyclic) bond motifs is 5. The number of benzene rings is 1. The molecule has 1 saturated carbocycles. The summed E-state index contributed by atoms with van der Waals surface area (Å²) in [6, 6.07) is 3.02. The summed E-state index contributed by atoms with van der Waals surface area (Å²) in [6.07, 6.45) is 6.24. The van der Waals surface area contributed by atoms with Gasteiger partial charge in [-0.2, -0.15) is 10.1 Å². The summed E-state index contributed by atoms with van der Waals surface area (Å²) in [7, 11) is 1.39. The number of aliphatic carboxylic acids is 1. The zero-order chi connectivity index (χ0) is 20.0. The quantitative estimate of drug-likeness (QED) is 0.441. The molecule has 28 heavy (non-hydrogen) atoms. The van der Waals surface area contributed by atoms with Crippen molar-refractivity contribution in [2.45, 2.75) is 6.42 Å². The summed E-state index contributed by atoms with van der Waals surface area (Å²) >= 11 is 6.16. The summed E-state index contributed by atoms with van der Waals surface area (Å²) < 4.78 is 10.3. The fourth-order valence-electron chi connectivity index (χ4n) is 4.21. The number of ether oxygens (including phenoxy) is 2. The molecule has 1 N–H and O–H groups in total. The van der Waals surface area contributed by atoms with E-state index in [0.29, 0.717) is 5.56 Å². The van der Waals surface area contributed by atoms with Crippen LogP contribution in [0.1, 0.15) is 12.0 Å². The molecular weight excluding hydrogens is 388 g/mol. The third-order valence-electron chi connectivity index (χ3n) is 5.36. The van der Waals surface area contributed by atoms with E-state index in [9.17, 15) is 14.4 Å². The Balaban J connectivity index is 1.55. The van der Waals surface area contributed by atoms with Crippen molar-refractivity contribution in [1.82, 2.24) is 5.01 Å². The molecule has 2 bridgehead atoms. The number of rotatable bonds is 6. The highest BCUT2D eigenvalue weighted by Crippen LogP contribution is 2.52. The zero-order valence-corrected chi connectivity index (χ0v) is 15.6. The summed E-state index contributed by atoms with van der Waals surface area (Å²) in [6.45, 7) is -0.570. The van der Waals surface area contributed by atoms with Crippen molar-refractivity contribution in [3.05, 3.63) is 34.9 Å². The van der Waals surface area contributed by atoms with Crippen LogP contribution >= 0.6 is 11.6 Å². The highest BCUT2D eigenvalue weighted by atomic mass is 35.5. The Morgan fingerprint density at radius 1 is 1.29 bits per heavy atom. The Labute approximate surface area is 165 Å². The van der Waals surface area contributed by atoms with Crippen LogP contribution in [0.25, 0.3) is 0 Å². The fourth-order valence-corrected chi connectivity index (χ4v) is 4.49. The second-order valence-electron chi connectivity index (χ2n) is 6.95. The molecule has 2 aliphatic carbocycles. The van der Waals surface area contributed by atoms with E-state index in [1.54, 1.807) is 0 Å². The molecule has 9 heteroatoms. The molecule has 1 saturated heterocycles. The number of carboxylic acid groups (broad SMARTS) is 1. The molecule has 1 heterocycles. The van der Waals surface area contributed by atoms with Gasteiger partial charge in [0, 0.05) is 0 Å². The molecule has 146 valence electrons. The zero-order valence-electron chi connectivity index (χ0n) is 14.9. The smallest absolute Gasteiger partial charge is 0.341 e. The van der Waals surface area contributed by atoms with Crippen LogP contribution in [-0.4, -0.2) is 47.8 Å². The molecule has 0 spiro atoms. The van der Waals surface area contributed by atoms with E-state index >= 15 is 0 Å². The van der Waals surface area contributed by atoms with Crippen molar-refractivity contribution in [2.24, 2.45) is 28.8 Å². The van der Waals surface area contributed by atoms with Crippen molar-refractivity contribution < 1.29 is 29.0 Å². The summed E-state index contributed by atoms with van der Waals surface area (Å²) in [5, 5.41) is 13.9. The van der Waals surface area contributed by atoms with Crippen LogP contribution in [0.15, 0.2) is 29.4 Å². The van der Waals surface area contributed by atoms with Gasteiger partial charge in [-0.25, -0.2) is 4.79 Å². The largest absolute Gasteiger partial charge is 0.493 e. The van der Waals surface area contributed by atoms with E-state index in [1.165, 1.54) is 25.5 Å². The van der Waals surface area contributed by atoms with E-state index in [1.807, 2.05) is 12.2 Å². The molecule has 0 aromatic heterocycles. The van der Waals surface area contributed by atoms with Crippen LogP contribution in [0.3, 0.4) is 0 Å². The first-order valence-corrected chi connectivity index (χ1v) is 9.10. The van der Waals surface area contributed by atoms with Crippen molar-refractivity contribution in [3.8, 4) is 11.5 Å². The van der Waals surface area contributed by atoms with E-state index < -0.39 is 12.6 Å². The number of carbonyl (C=O) groups is 3. The summed E-state index contributed by atoms with van der Waals surface area (Å²) in [5.74, 6) is -1.79. The van der Waals surface area contributed by atoms with Gasteiger partial charge in [0.05, 0.1) is 30.2 Å². The molecule has 4 atom stereocenters. The molecule has 0 radical (unpaired) electrons. The normalized spacial score (nSPS) is 27.7. The predicted molar refractivity (Wildman–Crippen MR) is 98.3 cm³/mol. The van der Waals surface area contributed by atoms with Gasteiger partial charge in [0.2, 0.25) is 0 Å². The average Bonchev–Trinajstić information content (AvgIpc) is 3.33. The van der Waals surface area contributed by atoms with Gasteiger partial charge in [0.25, 0.3) is 11.8 Å². The fraction of sp³-hybridized carbons (Fsp3) is 0.368. The van der Waals surface area contributed by atoms with Crippen molar-refractivity contribution >= 4 is 35.6 Å². The van der Waals surface area contributed by atoms with E-state index in [4.69, 9.17) is 26.2 Å². The average molecular weight is 405 g/mol. The lowest BCUT2D eigenvalue weighted by Crippen LogP contribution is -2.28. The molecule has 2 amide bonds. The molecule has 4 unspecified atom stereocenters. The Bertz CT molecular complexity index is 897. The second kappa shape index (κ2) is 6.94. The van der Waals surface area contributed by atoms with E-state index in [-0.39, 0.29) is 52.0 Å². The number of allylic oxidation sites excluding steroid dienone is 2. The van der Waals surface area contributed by atoms with Crippen molar-refractivity contribution in [3.63, 3.8) is 0 Å². The van der Waals surface area contributed by atoms with Gasteiger partial charge in [0.15, 0.2) is 18.1 Å². The first-order chi connectivity index (χ1) is 13.4. The van der Waals surface area contributed by atoms with Crippen molar-refractivity contribution in [1.29, 1.82) is 0 Å². The van der Waals surface area contributed by atoms with Gasteiger partial charge in [-0.1, -0.05) is 23.8 Å². The Morgan fingerprint density at radius 3 is 2.50 bits per heavy atom. The van der Waals surface area contributed by atoms with Crippen LogP contribution in [0.4, 0.5) is 0 Å². The number of halogens is 1. The van der Waals surface area contributed by atoms with Gasteiger partial charge >= 0.3 is 5.97 Å². The number of amides is 2. The number of imide groups is 1. The third-order valence-corrected chi connectivity index (χ3v) is 5.64. The summed E-state index contributed by atoms with van der Waals surface area (Å²) in [4.78, 5) is 36.0. The van der Waals surface area contributed by atoms with Gasteiger partial charge in [-0.15, -0.1) is 0 Å².